The number of nitrogens with two attached hydrogens (primary N) is 1. The van der Waals surface area contributed by atoms with Gasteiger partial charge in [-0.05, 0) is 42.5 Å². The monoisotopic (exact) mass is 296 g/mol. The third-order valence-corrected chi connectivity index (χ3v) is 4.74. The van der Waals surface area contributed by atoms with Crippen molar-refractivity contribution in [2.75, 3.05) is 5.73 Å². The Morgan fingerprint density at radius 1 is 1.05 bits per heavy atom. The molecule has 2 aromatic rings. The summed E-state index contributed by atoms with van der Waals surface area (Å²) in [7, 11) is 0. The molecule has 1 heterocycles. The minimum atomic E-state index is -0.0380. The lowest BCUT2D eigenvalue weighted by atomic mass is 9.94. The Hall–Kier alpha value is -2.03. The van der Waals surface area contributed by atoms with Crippen molar-refractivity contribution >= 4 is 5.69 Å². The molecule has 3 nitrogen and oxygen atoms in total. The van der Waals surface area contributed by atoms with Crippen LogP contribution in [0.5, 0.6) is 0 Å². The van der Waals surface area contributed by atoms with Crippen molar-refractivity contribution in [3.63, 3.8) is 0 Å². The average Bonchev–Trinajstić information content (AvgIpc) is 2.58. The fourth-order valence-electron chi connectivity index (χ4n) is 3.42. The van der Waals surface area contributed by atoms with Gasteiger partial charge in [-0.25, -0.2) is 0 Å². The van der Waals surface area contributed by atoms with Gasteiger partial charge in [0, 0.05) is 6.04 Å². The average molecular weight is 296 g/mol. The van der Waals surface area contributed by atoms with E-state index >= 15 is 0 Å². The van der Waals surface area contributed by atoms with E-state index in [0.717, 1.165) is 30.5 Å². The number of pyridine rings is 1. The van der Waals surface area contributed by atoms with Gasteiger partial charge >= 0.3 is 0 Å². The highest BCUT2D eigenvalue weighted by Crippen LogP contribution is 2.31. The van der Waals surface area contributed by atoms with Crippen molar-refractivity contribution < 1.29 is 0 Å². The molecule has 1 aliphatic rings. The van der Waals surface area contributed by atoms with Gasteiger partial charge in [0.05, 0.1) is 11.4 Å². The Kier molecular flexibility index (Phi) is 4.32. The number of nitrogens with zero attached hydrogens (tertiary/aromatic N) is 1. The van der Waals surface area contributed by atoms with Crippen LogP contribution in [-0.4, -0.2) is 4.57 Å². The number of hydrogen-bond acceptors (Lipinski definition) is 2. The molecule has 3 heteroatoms. The first-order valence-electron chi connectivity index (χ1n) is 8.31. The number of benzene rings is 1. The largest absolute Gasteiger partial charge is 0.394 e. The van der Waals surface area contributed by atoms with Crippen molar-refractivity contribution in [1.29, 1.82) is 0 Å². The first kappa shape index (κ1) is 14.9. The molecule has 3 rings (SSSR count). The SMILES string of the molecule is CCc1ccc(-c2ccc(N)c(=O)n2C2CCCCC2)cc1. The number of aryl methyl sites for hydroxylation is 1. The smallest absolute Gasteiger partial charge is 0.274 e. The van der Waals surface area contributed by atoms with E-state index in [-0.39, 0.29) is 11.6 Å². The predicted octanol–water partition coefficient (Wildman–Crippen LogP) is 4.17. The van der Waals surface area contributed by atoms with Crippen LogP contribution in [0.25, 0.3) is 11.3 Å². The third kappa shape index (κ3) is 2.80. The molecule has 1 aromatic heterocycles. The van der Waals surface area contributed by atoms with E-state index in [9.17, 15) is 4.79 Å². The molecule has 0 aliphatic heterocycles. The number of aromatic nitrogens is 1. The summed E-state index contributed by atoms with van der Waals surface area (Å²) in [6.07, 6.45) is 6.83. The molecule has 2 N–H and O–H groups in total. The molecule has 1 saturated carbocycles. The minimum Gasteiger partial charge on any atom is -0.394 e. The van der Waals surface area contributed by atoms with Gasteiger partial charge in [0.15, 0.2) is 0 Å². The zero-order valence-corrected chi connectivity index (χ0v) is 13.2. The number of anilines is 1. The summed E-state index contributed by atoms with van der Waals surface area (Å²) in [5.41, 5.74) is 9.60. The van der Waals surface area contributed by atoms with Gasteiger partial charge in [-0.3, -0.25) is 4.79 Å². The second kappa shape index (κ2) is 6.39. The van der Waals surface area contributed by atoms with Gasteiger partial charge in [0.25, 0.3) is 5.56 Å². The van der Waals surface area contributed by atoms with Crippen LogP contribution < -0.4 is 11.3 Å². The van der Waals surface area contributed by atoms with Gasteiger partial charge in [-0.15, -0.1) is 0 Å². The van der Waals surface area contributed by atoms with Crippen LogP contribution in [0.2, 0.25) is 0 Å². The van der Waals surface area contributed by atoms with Crippen LogP contribution in [0.4, 0.5) is 5.69 Å². The maximum atomic E-state index is 12.6. The Labute approximate surface area is 131 Å². The lowest BCUT2D eigenvalue weighted by Gasteiger charge is -2.27. The first-order valence-corrected chi connectivity index (χ1v) is 8.31. The van der Waals surface area contributed by atoms with E-state index in [2.05, 4.69) is 31.2 Å². The molecule has 116 valence electrons. The van der Waals surface area contributed by atoms with Crippen molar-refractivity contribution in [2.45, 2.75) is 51.5 Å². The highest BCUT2D eigenvalue weighted by Gasteiger charge is 2.20. The molecule has 0 atom stereocenters. The predicted molar refractivity (Wildman–Crippen MR) is 92.1 cm³/mol. The Bertz CT molecular complexity index is 694. The maximum absolute atomic E-state index is 12.6. The van der Waals surface area contributed by atoms with E-state index in [1.54, 1.807) is 6.07 Å². The van der Waals surface area contributed by atoms with Gasteiger partial charge in [0.2, 0.25) is 0 Å². The summed E-state index contributed by atoms with van der Waals surface area (Å²) >= 11 is 0. The van der Waals surface area contributed by atoms with Crippen LogP contribution in [0.1, 0.15) is 50.6 Å². The summed E-state index contributed by atoms with van der Waals surface area (Å²) in [5, 5.41) is 0. The fraction of sp³-hybridized carbons (Fsp3) is 0.421. The van der Waals surface area contributed by atoms with Gasteiger partial charge in [-0.1, -0.05) is 50.5 Å². The molecule has 1 fully saturated rings. The molecular weight excluding hydrogens is 272 g/mol. The van der Waals surface area contributed by atoms with Crippen LogP contribution in [0.3, 0.4) is 0 Å². The fourth-order valence-corrected chi connectivity index (χ4v) is 3.42. The molecule has 0 radical (unpaired) electrons. The van der Waals surface area contributed by atoms with Crippen molar-refractivity contribution in [3.05, 3.63) is 52.3 Å². The molecule has 0 amide bonds. The summed E-state index contributed by atoms with van der Waals surface area (Å²) < 4.78 is 1.94. The van der Waals surface area contributed by atoms with E-state index in [1.807, 2.05) is 10.6 Å². The molecular formula is C19H24N2O. The number of hydrogen-bond donors (Lipinski definition) is 1. The zero-order valence-electron chi connectivity index (χ0n) is 13.2. The number of nitrogen functional groups attached to an aromatic ring is 1. The third-order valence-electron chi connectivity index (χ3n) is 4.74. The molecule has 1 aromatic carbocycles. The second-order valence-corrected chi connectivity index (χ2v) is 6.19. The lowest BCUT2D eigenvalue weighted by Crippen LogP contribution is -2.29. The second-order valence-electron chi connectivity index (χ2n) is 6.19. The molecule has 0 bridgehead atoms. The summed E-state index contributed by atoms with van der Waals surface area (Å²) in [6, 6.07) is 12.5. The van der Waals surface area contributed by atoms with Crippen LogP contribution in [-0.2, 0) is 6.42 Å². The van der Waals surface area contributed by atoms with E-state index < -0.39 is 0 Å². The molecule has 1 aliphatic carbocycles. The van der Waals surface area contributed by atoms with Crippen LogP contribution >= 0.6 is 0 Å². The van der Waals surface area contributed by atoms with Gasteiger partial charge in [-0.2, -0.15) is 0 Å². The Morgan fingerprint density at radius 3 is 2.36 bits per heavy atom. The highest BCUT2D eigenvalue weighted by molar-refractivity contribution is 5.62. The first-order chi connectivity index (χ1) is 10.7. The van der Waals surface area contributed by atoms with Crippen LogP contribution in [0, 0.1) is 0 Å². The standard InChI is InChI=1S/C19H24N2O/c1-2-14-8-10-15(11-9-14)18-13-12-17(20)19(22)21(18)16-6-4-3-5-7-16/h8-13,16H,2-7,20H2,1H3. The molecule has 0 saturated heterocycles. The van der Waals surface area contributed by atoms with Gasteiger partial charge < -0.3 is 10.3 Å². The summed E-state index contributed by atoms with van der Waals surface area (Å²) in [5.74, 6) is 0. The van der Waals surface area contributed by atoms with E-state index in [1.165, 1.54) is 24.8 Å². The quantitative estimate of drug-likeness (QED) is 0.924. The molecule has 0 spiro atoms. The maximum Gasteiger partial charge on any atom is 0.274 e. The van der Waals surface area contributed by atoms with Crippen molar-refractivity contribution in [1.82, 2.24) is 4.57 Å². The van der Waals surface area contributed by atoms with E-state index in [0.29, 0.717) is 5.69 Å². The number of rotatable bonds is 3. The highest BCUT2D eigenvalue weighted by atomic mass is 16.1. The molecule has 22 heavy (non-hydrogen) atoms. The van der Waals surface area contributed by atoms with Crippen molar-refractivity contribution in [3.8, 4) is 11.3 Å². The van der Waals surface area contributed by atoms with Crippen molar-refractivity contribution in [2.24, 2.45) is 0 Å². The van der Waals surface area contributed by atoms with Gasteiger partial charge in [0.1, 0.15) is 0 Å². The van der Waals surface area contributed by atoms with E-state index in [4.69, 9.17) is 5.73 Å². The summed E-state index contributed by atoms with van der Waals surface area (Å²) in [6.45, 7) is 2.15. The van der Waals surface area contributed by atoms with Crippen LogP contribution in [0.15, 0.2) is 41.2 Å². The lowest BCUT2D eigenvalue weighted by molar-refractivity contribution is 0.349. The summed E-state index contributed by atoms with van der Waals surface area (Å²) in [4.78, 5) is 12.6. The zero-order chi connectivity index (χ0) is 15.5. The topological polar surface area (TPSA) is 48.0 Å². The normalized spacial score (nSPS) is 15.9. The molecule has 0 unspecified atom stereocenters. The Balaban J connectivity index is 2.09. The minimum absolute atomic E-state index is 0.0380. The Morgan fingerprint density at radius 2 is 1.73 bits per heavy atom.